The van der Waals surface area contributed by atoms with Crippen LogP contribution in [0.1, 0.15) is 22.1 Å². The Morgan fingerprint density at radius 2 is 1.79 bits per heavy atom. The molecule has 1 unspecified atom stereocenters. The van der Waals surface area contributed by atoms with Gasteiger partial charge in [-0.25, -0.2) is 9.48 Å². The van der Waals surface area contributed by atoms with Crippen molar-refractivity contribution < 1.29 is 24.2 Å². The molecule has 1 atom stereocenters. The number of nitrogens with zero attached hydrogens (tertiary/aromatic N) is 3. The van der Waals surface area contributed by atoms with Crippen LogP contribution in [0.5, 0.6) is 5.75 Å². The van der Waals surface area contributed by atoms with Crippen LogP contribution in [0.4, 0.5) is 10.5 Å². The molecule has 0 fully saturated rings. The first-order valence-electron chi connectivity index (χ1n) is 9.96. The average Bonchev–Trinajstić information content (AvgIpc) is 3.26. The molecule has 0 saturated carbocycles. The number of hydrogen-bond donors (Lipinski definition) is 3. The van der Waals surface area contributed by atoms with Gasteiger partial charge in [0, 0.05) is 16.1 Å². The number of aromatic nitrogens is 3. The standard InChI is InChI=1S/C23H18ClN5O5/c1-34-15-10-11-17(16(12-15)20(30)13-6-8-14(24)9-7-13)25-22(31)21(26-23(32)33)29-19-5-3-2-4-18(19)27-28-29/h2-12,21,26H,1H3,(H,25,31)(H,32,33). The van der Waals surface area contributed by atoms with E-state index < -0.39 is 18.2 Å². The zero-order chi connectivity index (χ0) is 24.2. The molecule has 0 bridgehead atoms. The fraction of sp³-hybridized carbons (Fsp3) is 0.0870. The summed E-state index contributed by atoms with van der Waals surface area (Å²) in [4.78, 5) is 37.8. The summed E-state index contributed by atoms with van der Waals surface area (Å²) in [5.41, 5.74) is 1.58. The maximum absolute atomic E-state index is 13.2. The van der Waals surface area contributed by atoms with Crippen molar-refractivity contribution in [1.29, 1.82) is 0 Å². The summed E-state index contributed by atoms with van der Waals surface area (Å²) >= 11 is 5.92. The number of benzene rings is 3. The number of ether oxygens (including phenoxy) is 1. The van der Waals surface area contributed by atoms with Crippen LogP contribution < -0.4 is 15.4 Å². The summed E-state index contributed by atoms with van der Waals surface area (Å²) in [6.45, 7) is 0. The van der Waals surface area contributed by atoms with Gasteiger partial charge in [-0.2, -0.15) is 0 Å². The number of carbonyl (C=O) groups is 3. The van der Waals surface area contributed by atoms with Crippen LogP contribution in [0.2, 0.25) is 5.02 Å². The Kier molecular flexibility index (Phi) is 6.42. The fourth-order valence-corrected chi connectivity index (χ4v) is 3.46. The molecule has 4 rings (SSSR count). The molecular formula is C23H18ClN5O5. The van der Waals surface area contributed by atoms with Crippen LogP contribution in [-0.2, 0) is 4.79 Å². The number of methoxy groups -OCH3 is 1. The normalized spacial score (nSPS) is 11.6. The molecule has 2 amide bonds. The molecule has 0 spiro atoms. The Labute approximate surface area is 198 Å². The van der Waals surface area contributed by atoms with Gasteiger partial charge in [0.15, 0.2) is 5.78 Å². The molecule has 3 N–H and O–H groups in total. The van der Waals surface area contributed by atoms with E-state index in [-0.39, 0.29) is 17.0 Å². The van der Waals surface area contributed by atoms with Crippen molar-refractivity contribution in [3.05, 3.63) is 82.9 Å². The highest BCUT2D eigenvalue weighted by atomic mass is 35.5. The van der Waals surface area contributed by atoms with Crippen LogP contribution in [-0.4, -0.2) is 45.0 Å². The van der Waals surface area contributed by atoms with E-state index in [0.717, 1.165) is 4.68 Å². The molecule has 10 nitrogen and oxygen atoms in total. The third-order valence-electron chi connectivity index (χ3n) is 4.97. The summed E-state index contributed by atoms with van der Waals surface area (Å²) in [5, 5.41) is 22.5. The Hall–Kier alpha value is -4.44. The first-order valence-corrected chi connectivity index (χ1v) is 10.3. The molecule has 0 aliphatic carbocycles. The van der Waals surface area contributed by atoms with E-state index in [4.69, 9.17) is 16.3 Å². The minimum absolute atomic E-state index is 0.146. The predicted octanol–water partition coefficient (Wildman–Crippen LogP) is 3.73. The summed E-state index contributed by atoms with van der Waals surface area (Å²) in [7, 11) is 1.45. The van der Waals surface area contributed by atoms with Crippen molar-refractivity contribution in [2.24, 2.45) is 0 Å². The molecule has 1 heterocycles. The van der Waals surface area contributed by atoms with E-state index in [9.17, 15) is 19.5 Å². The van der Waals surface area contributed by atoms with Gasteiger partial charge in [0.05, 0.1) is 18.3 Å². The number of carboxylic acid groups (broad SMARTS) is 1. The van der Waals surface area contributed by atoms with E-state index in [0.29, 0.717) is 27.4 Å². The second kappa shape index (κ2) is 9.59. The molecule has 1 aromatic heterocycles. The first kappa shape index (κ1) is 22.7. The molecule has 0 aliphatic rings. The SMILES string of the molecule is COc1ccc(NC(=O)C(NC(=O)O)n2nnc3ccccc32)c(C(=O)c2ccc(Cl)cc2)c1. The highest BCUT2D eigenvalue weighted by molar-refractivity contribution is 6.30. The summed E-state index contributed by atoms with van der Waals surface area (Å²) in [5.74, 6) is -0.758. The van der Waals surface area contributed by atoms with Gasteiger partial charge >= 0.3 is 6.09 Å². The molecule has 3 aromatic carbocycles. The maximum Gasteiger partial charge on any atom is 0.406 e. The van der Waals surface area contributed by atoms with Gasteiger partial charge in [0.25, 0.3) is 5.91 Å². The van der Waals surface area contributed by atoms with Gasteiger partial charge in [-0.15, -0.1) is 5.10 Å². The van der Waals surface area contributed by atoms with Crippen molar-refractivity contribution in [3.8, 4) is 5.75 Å². The second-order valence-electron chi connectivity index (χ2n) is 7.11. The summed E-state index contributed by atoms with van der Waals surface area (Å²) < 4.78 is 6.38. The summed E-state index contributed by atoms with van der Waals surface area (Å²) in [6, 6.07) is 17.6. The Morgan fingerprint density at radius 1 is 1.06 bits per heavy atom. The highest BCUT2D eigenvalue weighted by Gasteiger charge is 2.27. The second-order valence-corrected chi connectivity index (χ2v) is 7.55. The van der Waals surface area contributed by atoms with Crippen LogP contribution >= 0.6 is 11.6 Å². The average molecular weight is 480 g/mol. The smallest absolute Gasteiger partial charge is 0.406 e. The number of nitrogens with one attached hydrogen (secondary N) is 2. The van der Waals surface area contributed by atoms with E-state index in [1.807, 2.05) is 0 Å². The Bertz CT molecular complexity index is 1390. The minimum atomic E-state index is -1.45. The molecule has 4 aromatic rings. The number of para-hydroxylation sites is 1. The van der Waals surface area contributed by atoms with E-state index in [2.05, 4.69) is 20.9 Å². The molecule has 0 aliphatic heterocycles. The number of anilines is 1. The van der Waals surface area contributed by atoms with E-state index in [1.165, 1.54) is 19.2 Å². The molecule has 172 valence electrons. The molecule has 0 saturated heterocycles. The summed E-state index contributed by atoms with van der Waals surface area (Å²) in [6.07, 6.45) is -2.89. The lowest BCUT2D eigenvalue weighted by molar-refractivity contribution is -0.120. The van der Waals surface area contributed by atoms with Crippen molar-refractivity contribution >= 4 is 46.1 Å². The number of halogens is 1. The topological polar surface area (TPSA) is 135 Å². The number of fused-ring (bicyclic) bond motifs is 1. The van der Waals surface area contributed by atoms with E-state index >= 15 is 0 Å². The van der Waals surface area contributed by atoms with Crippen LogP contribution in [0.25, 0.3) is 11.0 Å². The monoisotopic (exact) mass is 479 g/mol. The molecule has 11 heteroatoms. The molecule has 0 radical (unpaired) electrons. The number of hydrogen-bond acceptors (Lipinski definition) is 6. The first-order chi connectivity index (χ1) is 16.4. The number of amides is 2. The van der Waals surface area contributed by atoms with Gasteiger partial charge < -0.3 is 15.2 Å². The number of carbonyl (C=O) groups excluding carboxylic acids is 2. The van der Waals surface area contributed by atoms with Crippen LogP contribution in [0, 0.1) is 0 Å². The van der Waals surface area contributed by atoms with Gasteiger partial charge in [0.2, 0.25) is 6.17 Å². The quantitative estimate of drug-likeness (QED) is 0.343. The third kappa shape index (κ3) is 4.66. The van der Waals surface area contributed by atoms with Crippen molar-refractivity contribution in [1.82, 2.24) is 20.3 Å². The zero-order valence-electron chi connectivity index (χ0n) is 17.7. The van der Waals surface area contributed by atoms with Gasteiger partial charge in [-0.3, -0.25) is 14.9 Å². The van der Waals surface area contributed by atoms with E-state index in [1.54, 1.807) is 54.6 Å². The number of ketones is 1. The van der Waals surface area contributed by atoms with Crippen LogP contribution in [0.3, 0.4) is 0 Å². The molecule has 34 heavy (non-hydrogen) atoms. The third-order valence-corrected chi connectivity index (χ3v) is 5.22. The predicted molar refractivity (Wildman–Crippen MR) is 124 cm³/mol. The van der Waals surface area contributed by atoms with Gasteiger partial charge in [-0.1, -0.05) is 28.9 Å². The highest BCUT2D eigenvalue weighted by Crippen LogP contribution is 2.26. The van der Waals surface area contributed by atoms with Crippen molar-refractivity contribution in [2.45, 2.75) is 6.17 Å². The Balaban J connectivity index is 1.71. The fourth-order valence-electron chi connectivity index (χ4n) is 3.34. The zero-order valence-corrected chi connectivity index (χ0v) is 18.5. The lowest BCUT2D eigenvalue weighted by atomic mass is 10.0. The largest absolute Gasteiger partial charge is 0.497 e. The van der Waals surface area contributed by atoms with Crippen LogP contribution in [0.15, 0.2) is 66.7 Å². The van der Waals surface area contributed by atoms with Gasteiger partial charge in [-0.05, 0) is 54.6 Å². The lowest BCUT2D eigenvalue weighted by Crippen LogP contribution is -2.40. The maximum atomic E-state index is 13.2. The Morgan fingerprint density at radius 3 is 2.50 bits per heavy atom. The number of rotatable bonds is 7. The van der Waals surface area contributed by atoms with Gasteiger partial charge in [0.1, 0.15) is 11.3 Å². The van der Waals surface area contributed by atoms with Crippen molar-refractivity contribution in [2.75, 3.05) is 12.4 Å². The minimum Gasteiger partial charge on any atom is -0.497 e. The van der Waals surface area contributed by atoms with Crippen molar-refractivity contribution in [3.63, 3.8) is 0 Å². The molecular weight excluding hydrogens is 462 g/mol. The lowest BCUT2D eigenvalue weighted by Gasteiger charge is -2.19.